The van der Waals surface area contributed by atoms with Crippen molar-refractivity contribution in [3.05, 3.63) is 65.5 Å². The molecule has 1 N–H and O–H groups in total. The minimum atomic E-state index is -0.205. The van der Waals surface area contributed by atoms with Crippen molar-refractivity contribution in [2.24, 2.45) is 0 Å². The monoisotopic (exact) mass is 257 g/mol. The second-order valence-corrected chi connectivity index (χ2v) is 4.80. The van der Waals surface area contributed by atoms with Gasteiger partial charge in [0.1, 0.15) is 5.82 Å². The number of halogens is 1. The molecule has 1 aliphatic heterocycles. The van der Waals surface area contributed by atoms with Gasteiger partial charge in [-0.3, -0.25) is 0 Å². The molecule has 0 aromatic heterocycles. The first-order valence-corrected chi connectivity index (χ1v) is 6.41. The molecule has 2 aromatic carbocycles. The van der Waals surface area contributed by atoms with Crippen LogP contribution in [-0.4, -0.2) is 7.11 Å². The van der Waals surface area contributed by atoms with E-state index in [0.717, 1.165) is 17.7 Å². The van der Waals surface area contributed by atoms with Crippen LogP contribution in [0.25, 0.3) is 0 Å². The van der Waals surface area contributed by atoms with Crippen molar-refractivity contribution in [2.45, 2.75) is 18.6 Å². The summed E-state index contributed by atoms with van der Waals surface area (Å²) in [5.74, 6) is -0.205. The molecule has 1 heterocycles. The van der Waals surface area contributed by atoms with Crippen LogP contribution in [0.5, 0.6) is 0 Å². The fourth-order valence-electron chi connectivity index (χ4n) is 2.63. The highest BCUT2D eigenvalue weighted by Crippen LogP contribution is 2.40. The lowest BCUT2D eigenvalue weighted by Gasteiger charge is -2.32. The van der Waals surface area contributed by atoms with Crippen LogP contribution in [-0.2, 0) is 4.74 Å². The summed E-state index contributed by atoms with van der Waals surface area (Å²) in [6.07, 6.45) is 0.923. The van der Waals surface area contributed by atoms with E-state index in [1.807, 2.05) is 24.3 Å². The third-order valence-corrected chi connectivity index (χ3v) is 3.64. The summed E-state index contributed by atoms with van der Waals surface area (Å²) in [5.41, 5.74) is 3.36. The number of ether oxygens (including phenoxy) is 1. The Kier molecular flexibility index (Phi) is 3.22. The van der Waals surface area contributed by atoms with Gasteiger partial charge in [0.2, 0.25) is 0 Å². The lowest BCUT2D eigenvalue weighted by Crippen LogP contribution is -2.22. The Bertz CT molecular complexity index is 567. The largest absolute Gasteiger partial charge is 0.378 e. The molecule has 0 bridgehead atoms. The molecular weight excluding hydrogens is 241 g/mol. The molecule has 0 fully saturated rings. The number of anilines is 1. The Morgan fingerprint density at radius 3 is 2.58 bits per heavy atom. The van der Waals surface area contributed by atoms with Gasteiger partial charge in [0.15, 0.2) is 0 Å². The summed E-state index contributed by atoms with van der Waals surface area (Å²) >= 11 is 0. The first kappa shape index (κ1) is 12.2. The third kappa shape index (κ3) is 2.34. The van der Waals surface area contributed by atoms with Crippen LogP contribution < -0.4 is 5.32 Å². The molecule has 0 unspecified atom stereocenters. The summed E-state index contributed by atoms with van der Waals surface area (Å²) in [6.45, 7) is 0. The van der Waals surface area contributed by atoms with Crippen LogP contribution in [0.2, 0.25) is 0 Å². The SMILES string of the molecule is CO[C@H]1C[C@@H](c2ccc(F)cc2)Nc2ccccc21. The third-order valence-electron chi connectivity index (χ3n) is 3.64. The Hall–Kier alpha value is -1.87. The highest BCUT2D eigenvalue weighted by atomic mass is 19.1. The normalized spacial score (nSPS) is 21.6. The summed E-state index contributed by atoms with van der Waals surface area (Å²) in [4.78, 5) is 0. The van der Waals surface area contributed by atoms with E-state index in [4.69, 9.17) is 4.74 Å². The Labute approximate surface area is 112 Å². The molecule has 2 nitrogen and oxygen atoms in total. The van der Waals surface area contributed by atoms with Gasteiger partial charge in [-0.05, 0) is 23.8 Å². The molecule has 0 radical (unpaired) electrons. The zero-order valence-electron chi connectivity index (χ0n) is 10.8. The molecule has 1 aliphatic rings. The number of benzene rings is 2. The van der Waals surface area contributed by atoms with Crippen LogP contribution in [0.1, 0.15) is 29.7 Å². The Balaban J connectivity index is 1.93. The van der Waals surface area contributed by atoms with E-state index in [9.17, 15) is 4.39 Å². The summed E-state index contributed by atoms with van der Waals surface area (Å²) in [7, 11) is 1.73. The van der Waals surface area contributed by atoms with Gasteiger partial charge in [0.05, 0.1) is 12.1 Å². The van der Waals surface area contributed by atoms with E-state index >= 15 is 0 Å². The molecule has 0 saturated carbocycles. The van der Waals surface area contributed by atoms with E-state index in [-0.39, 0.29) is 18.0 Å². The lowest BCUT2D eigenvalue weighted by atomic mass is 9.91. The number of hydrogen-bond donors (Lipinski definition) is 1. The van der Waals surface area contributed by atoms with Crippen molar-refractivity contribution in [1.82, 2.24) is 0 Å². The molecule has 0 spiro atoms. The second-order valence-electron chi connectivity index (χ2n) is 4.80. The van der Waals surface area contributed by atoms with Gasteiger partial charge < -0.3 is 10.1 Å². The van der Waals surface area contributed by atoms with Gasteiger partial charge in [-0.25, -0.2) is 4.39 Å². The van der Waals surface area contributed by atoms with Gasteiger partial charge in [-0.2, -0.15) is 0 Å². The number of rotatable bonds is 2. The summed E-state index contributed by atoms with van der Waals surface area (Å²) < 4.78 is 18.6. The molecule has 2 aromatic rings. The maximum absolute atomic E-state index is 13.0. The highest BCUT2D eigenvalue weighted by molar-refractivity contribution is 5.56. The number of nitrogens with one attached hydrogen (secondary N) is 1. The van der Waals surface area contributed by atoms with Crippen LogP contribution in [0.4, 0.5) is 10.1 Å². The predicted octanol–water partition coefficient (Wildman–Crippen LogP) is 4.07. The van der Waals surface area contributed by atoms with Crippen LogP contribution in [0.3, 0.4) is 0 Å². The standard InChI is InChI=1S/C16H16FNO/c1-19-16-10-15(11-6-8-12(17)9-7-11)18-14-5-3-2-4-13(14)16/h2-9,15-16,18H,10H2,1H3/t15-,16-/m0/s1. The fraction of sp³-hybridized carbons (Fsp3) is 0.250. The van der Waals surface area contributed by atoms with Crippen molar-refractivity contribution >= 4 is 5.69 Å². The zero-order chi connectivity index (χ0) is 13.2. The van der Waals surface area contributed by atoms with E-state index in [2.05, 4.69) is 17.4 Å². The first-order chi connectivity index (χ1) is 9.28. The zero-order valence-corrected chi connectivity index (χ0v) is 10.8. The van der Waals surface area contributed by atoms with E-state index in [0.29, 0.717) is 0 Å². The number of para-hydroxylation sites is 1. The molecule has 0 aliphatic carbocycles. The molecule has 2 atom stereocenters. The molecule has 0 saturated heterocycles. The predicted molar refractivity (Wildman–Crippen MR) is 73.6 cm³/mol. The van der Waals surface area contributed by atoms with Gasteiger partial charge in [0, 0.05) is 24.8 Å². The lowest BCUT2D eigenvalue weighted by molar-refractivity contribution is 0.0879. The van der Waals surface area contributed by atoms with Crippen molar-refractivity contribution in [3.8, 4) is 0 Å². The minimum absolute atomic E-state index is 0.0764. The number of methoxy groups -OCH3 is 1. The van der Waals surface area contributed by atoms with Gasteiger partial charge >= 0.3 is 0 Å². The maximum Gasteiger partial charge on any atom is 0.123 e. The highest BCUT2D eigenvalue weighted by Gasteiger charge is 2.26. The minimum Gasteiger partial charge on any atom is -0.378 e. The molecule has 3 rings (SSSR count). The fourth-order valence-corrected chi connectivity index (χ4v) is 2.63. The van der Waals surface area contributed by atoms with Crippen molar-refractivity contribution < 1.29 is 9.13 Å². The summed E-state index contributed by atoms with van der Waals surface area (Å²) in [6, 6.07) is 15.0. The quantitative estimate of drug-likeness (QED) is 0.875. The Morgan fingerprint density at radius 2 is 1.84 bits per heavy atom. The van der Waals surface area contributed by atoms with E-state index < -0.39 is 0 Å². The van der Waals surface area contributed by atoms with Crippen LogP contribution in [0.15, 0.2) is 48.5 Å². The average molecular weight is 257 g/mol. The van der Waals surface area contributed by atoms with Crippen LogP contribution in [0, 0.1) is 5.82 Å². The molecular formula is C16H16FNO. The van der Waals surface area contributed by atoms with E-state index in [1.54, 1.807) is 7.11 Å². The smallest absolute Gasteiger partial charge is 0.123 e. The number of hydrogen-bond acceptors (Lipinski definition) is 2. The molecule has 98 valence electrons. The van der Waals surface area contributed by atoms with Crippen molar-refractivity contribution in [1.29, 1.82) is 0 Å². The average Bonchev–Trinajstić information content (AvgIpc) is 2.47. The number of fused-ring (bicyclic) bond motifs is 1. The van der Waals surface area contributed by atoms with Gasteiger partial charge in [-0.1, -0.05) is 30.3 Å². The van der Waals surface area contributed by atoms with E-state index in [1.165, 1.54) is 17.7 Å². The second kappa shape index (κ2) is 5.02. The first-order valence-electron chi connectivity index (χ1n) is 6.41. The van der Waals surface area contributed by atoms with Gasteiger partial charge in [0.25, 0.3) is 0 Å². The van der Waals surface area contributed by atoms with Gasteiger partial charge in [-0.15, -0.1) is 0 Å². The van der Waals surface area contributed by atoms with Crippen molar-refractivity contribution in [2.75, 3.05) is 12.4 Å². The molecule has 3 heteroatoms. The van der Waals surface area contributed by atoms with Crippen LogP contribution >= 0.6 is 0 Å². The summed E-state index contributed by atoms with van der Waals surface area (Å²) in [5, 5.41) is 3.49. The Morgan fingerprint density at radius 1 is 1.11 bits per heavy atom. The topological polar surface area (TPSA) is 21.3 Å². The molecule has 19 heavy (non-hydrogen) atoms. The van der Waals surface area contributed by atoms with Crippen molar-refractivity contribution in [3.63, 3.8) is 0 Å². The molecule has 0 amide bonds. The maximum atomic E-state index is 13.0.